The second-order valence-corrected chi connectivity index (χ2v) is 20.2. The van der Waals surface area contributed by atoms with Crippen LogP contribution in [0, 0.1) is 0 Å². The second kappa shape index (κ2) is 27.1. The smallest absolute Gasteiger partial charge is 0.349 e. The second-order valence-electron chi connectivity index (χ2n) is 18.4. The molecule has 0 saturated heterocycles. The molecular formula is C59H59N3O14S. The number of aliphatic hydroxyl groups excluding tert-OH is 1. The molecule has 0 saturated carbocycles. The zero-order valence-corrected chi connectivity index (χ0v) is 43.2. The number of aliphatic carboxylic acids is 2. The molecule has 1 amide bonds. The van der Waals surface area contributed by atoms with Gasteiger partial charge in [0.05, 0.1) is 35.6 Å². The molecule has 0 aliphatic carbocycles. The zero-order valence-electron chi connectivity index (χ0n) is 42.4. The Balaban J connectivity index is 0.000000310. The largest absolute Gasteiger partial charge is 0.508 e. The number of carboxylic acid groups (broad SMARTS) is 2. The van der Waals surface area contributed by atoms with Crippen LogP contribution in [-0.2, 0) is 59.9 Å². The van der Waals surface area contributed by atoms with E-state index in [9.17, 15) is 52.8 Å². The number of sulfonamides is 1. The van der Waals surface area contributed by atoms with Gasteiger partial charge in [0.15, 0.2) is 0 Å². The molecule has 0 fully saturated rings. The summed E-state index contributed by atoms with van der Waals surface area (Å²) < 4.78 is 42.2. The first kappa shape index (κ1) is 57.4. The van der Waals surface area contributed by atoms with E-state index in [1.54, 1.807) is 42.5 Å². The first-order valence-electron chi connectivity index (χ1n) is 24.1. The van der Waals surface area contributed by atoms with Gasteiger partial charge in [-0.05, 0) is 114 Å². The third-order valence-electron chi connectivity index (χ3n) is 11.6. The molecule has 7 N–H and O–H groups in total. The van der Waals surface area contributed by atoms with Crippen molar-refractivity contribution in [3.8, 4) is 22.6 Å². The molecule has 0 radical (unpaired) electrons. The van der Waals surface area contributed by atoms with Gasteiger partial charge in [-0.3, -0.25) is 9.52 Å². The molecule has 0 bridgehead atoms. The summed E-state index contributed by atoms with van der Waals surface area (Å²) >= 11 is 0. The quantitative estimate of drug-likeness (QED) is 0.0298. The lowest BCUT2D eigenvalue weighted by Crippen LogP contribution is -2.45. The van der Waals surface area contributed by atoms with E-state index in [1.807, 2.05) is 105 Å². The fourth-order valence-electron chi connectivity index (χ4n) is 7.77. The number of aromatic hydroxyl groups is 1. The van der Waals surface area contributed by atoms with E-state index in [0.717, 1.165) is 39.6 Å². The normalized spacial score (nSPS) is 12.3. The third kappa shape index (κ3) is 18.5. The zero-order chi connectivity index (χ0) is 55.5. The number of phenols is 1. The van der Waals surface area contributed by atoms with Gasteiger partial charge in [0.1, 0.15) is 18.1 Å². The number of esters is 2. The molecule has 0 heterocycles. The van der Waals surface area contributed by atoms with Crippen molar-refractivity contribution in [1.82, 2.24) is 10.6 Å². The van der Waals surface area contributed by atoms with Crippen molar-refractivity contribution < 1.29 is 67.0 Å². The Hall–Kier alpha value is -8.84. The molecule has 18 heteroatoms. The topological polar surface area (TPSA) is 264 Å². The molecule has 7 aromatic rings. The number of amides is 1. The number of anilines is 1. The molecule has 7 rings (SSSR count). The first-order valence-corrected chi connectivity index (χ1v) is 26.0. The number of ether oxygens (including phenoxy) is 3. The van der Waals surface area contributed by atoms with E-state index in [-0.39, 0.29) is 48.0 Å². The fourth-order valence-corrected chi connectivity index (χ4v) is 8.33. The van der Waals surface area contributed by atoms with Crippen LogP contribution in [0.25, 0.3) is 11.1 Å². The summed E-state index contributed by atoms with van der Waals surface area (Å²) in [6.07, 6.45) is -3.38. The number of carboxylic acids is 2. The predicted molar refractivity (Wildman–Crippen MR) is 289 cm³/mol. The summed E-state index contributed by atoms with van der Waals surface area (Å²) in [5.41, 5.74) is 6.31. The Morgan fingerprint density at radius 1 is 0.597 bits per heavy atom. The Morgan fingerprint density at radius 3 is 1.70 bits per heavy atom. The van der Waals surface area contributed by atoms with Crippen molar-refractivity contribution in [2.24, 2.45) is 0 Å². The number of benzene rings is 7. The Labute approximate surface area is 446 Å². The molecule has 3 atom stereocenters. The van der Waals surface area contributed by atoms with Crippen molar-refractivity contribution in [3.63, 3.8) is 0 Å². The van der Waals surface area contributed by atoms with Crippen LogP contribution < -0.4 is 20.1 Å². The Morgan fingerprint density at radius 2 is 1.13 bits per heavy atom. The van der Waals surface area contributed by atoms with Gasteiger partial charge < -0.3 is 45.3 Å². The summed E-state index contributed by atoms with van der Waals surface area (Å²) in [6.45, 7) is 4.98. The van der Waals surface area contributed by atoms with Crippen LogP contribution in [-0.4, -0.2) is 89.2 Å². The minimum absolute atomic E-state index is 0.0253. The van der Waals surface area contributed by atoms with Gasteiger partial charge in [-0.25, -0.2) is 27.6 Å². The van der Waals surface area contributed by atoms with E-state index in [0.29, 0.717) is 24.3 Å². The van der Waals surface area contributed by atoms with Crippen LogP contribution >= 0.6 is 0 Å². The lowest BCUT2D eigenvalue weighted by molar-refractivity contribution is -0.166. The summed E-state index contributed by atoms with van der Waals surface area (Å²) in [6, 6.07) is 52.3. The van der Waals surface area contributed by atoms with Crippen molar-refractivity contribution in [2.45, 2.75) is 63.7 Å². The highest BCUT2D eigenvalue weighted by atomic mass is 32.2. The van der Waals surface area contributed by atoms with Crippen LogP contribution in [0.1, 0.15) is 68.5 Å². The van der Waals surface area contributed by atoms with Gasteiger partial charge in [0.2, 0.25) is 28.1 Å². The summed E-state index contributed by atoms with van der Waals surface area (Å²) in [5, 5.41) is 45.6. The van der Waals surface area contributed by atoms with Crippen molar-refractivity contribution in [2.75, 3.05) is 17.5 Å². The Kier molecular flexibility index (Phi) is 20.2. The summed E-state index contributed by atoms with van der Waals surface area (Å²) in [7, 11) is -3.59. The van der Waals surface area contributed by atoms with E-state index in [1.165, 1.54) is 48.5 Å². The average molecular weight is 1070 g/mol. The molecule has 0 spiro atoms. The number of carbonyl (C=O) groups excluding carboxylic acids is 3. The average Bonchev–Trinajstić information content (AvgIpc) is 3.41. The lowest BCUT2D eigenvalue weighted by atomic mass is 9.93. The summed E-state index contributed by atoms with van der Waals surface area (Å²) in [5.74, 6) is -5.13. The van der Waals surface area contributed by atoms with Crippen LogP contribution in [0.5, 0.6) is 11.5 Å². The van der Waals surface area contributed by atoms with E-state index >= 15 is 0 Å². The number of hydrogen-bond donors (Lipinski definition) is 7. The maximum Gasteiger partial charge on any atom is 0.349 e. The summed E-state index contributed by atoms with van der Waals surface area (Å²) in [4.78, 5) is 59.7. The van der Waals surface area contributed by atoms with Gasteiger partial charge in [-0.2, -0.15) is 0 Å². The lowest BCUT2D eigenvalue weighted by Gasteiger charge is -2.28. The monoisotopic (exact) mass is 1070 g/mol. The fraction of sp³-hybridized carbons (Fsp3) is 0.203. The number of nitrogens with one attached hydrogen (secondary N) is 3. The molecule has 0 unspecified atom stereocenters. The molecule has 17 nitrogen and oxygen atoms in total. The molecule has 77 heavy (non-hydrogen) atoms. The highest BCUT2D eigenvalue weighted by Crippen LogP contribution is 2.31. The molecule has 0 aromatic heterocycles. The van der Waals surface area contributed by atoms with Gasteiger partial charge in [0.25, 0.3) is 0 Å². The van der Waals surface area contributed by atoms with Crippen molar-refractivity contribution in [3.05, 3.63) is 221 Å². The number of β-amino-alcohol motifs (C(OH)–C–C–N with tert-alkyl or cyclic N) is 1. The van der Waals surface area contributed by atoms with Crippen LogP contribution in [0.15, 0.2) is 182 Å². The standard InChI is InChI=1S/C41H45N3O6S.C18H14O8/c1-41(2,43-27-38(46)35-17-20-39(37(24-35)44-51(3,48)49)50-28-29-9-5-4-6-10-29)25-31-12-7-11-30(21-31)23-40(47)42-26-32-13-8-14-34(22-32)33-15-18-36(45)19-16-33;19-15(20)13(25-17(23)11-7-3-1-4-8-11)14(16(21)22)26-18(24)12-9-5-2-6-10-12/h4-22,24,38,43-46H,23,25-28H2,1-3H3,(H,42,47);1-10,13-14H,(H,19,20)(H,21,22)/t38-;13-,14-/m01/s1. The van der Waals surface area contributed by atoms with Gasteiger partial charge in [-0.1, -0.05) is 127 Å². The SMILES string of the molecule is CC(C)(Cc1cccc(CC(=O)NCc2cccc(-c3ccc(O)cc3)c2)c1)NC[C@H](O)c1ccc(OCc2ccccc2)c(NS(C)(=O)=O)c1.O=C(O[C@@H](C(=O)O)[C@@H](OC(=O)c1ccccc1)C(=O)O)c1ccccc1. The minimum Gasteiger partial charge on any atom is -0.508 e. The first-order chi connectivity index (χ1) is 36.7. The Bertz CT molecular complexity index is 3160. The number of phenolic OH excluding ortho intramolecular Hbond substituents is 1. The highest BCUT2D eigenvalue weighted by Gasteiger charge is 2.41. The highest BCUT2D eigenvalue weighted by molar-refractivity contribution is 7.92. The molecule has 0 aliphatic heterocycles. The third-order valence-corrected chi connectivity index (χ3v) is 12.2. The van der Waals surface area contributed by atoms with E-state index < -0.39 is 57.8 Å². The van der Waals surface area contributed by atoms with Crippen molar-refractivity contribution >= 4 is 45.5 Å². The molecule has 0 aliphatic rings. The van der Waals surface area contributed by atoms with E-state index in [2.05, 4.69) is 15.4 Å². The minimum atomic E-state index is -3.59. The van der Waals surface area contributed by atoms with E-state index in [4.69, 9.17) is 14.2 Å². The maximum absolute atomic E-state index is 12.9. The number of aliphatic hydroxyl groups is 1. The number of hydrogen-bond acceptors (Lipinski definition) is 13. The predicted octanol–water partition coefficient (Wildman–Crippen LogP) is 8.12. The van der Waals surface area contributed by atoms with Gasteiger partial charge >= 0.3 is 23.9 Å². The van der Waals surface area contributed by atoms with Gasteiger partial charge in [-0.15, -0.1) is 0 Å². The molecule has 400 valence electrons. The van der Waals surface area contributed by atoms with Gasteiger partial charge in [0, 0.05) is 18.6 Å². The molecule has 7 aromatic carbocycles. The van der Waals surface area contributed by atoms with Crippen molar-refractivity contribution in [1.29, 1.82) is 0 Å². The maximum atomic E-state index is 12.9. The number of rotatable bonds is 23. The van der Waals surface area contributed by atoms with Crippen LogP contribution in [0.4, 0.5) is 5.69 Å². The van der Waals surface area contributed by atoms with Crippen LogP contribution in [0.3, 0.4) is 0 Å². The number of carbonyl (C=O) groups is 5. The molecular weight excluding hydrogens is 1010 g/mol. The van der Waals surface area contributed by atoms with Crippen LogP contribution in [0.2, 0.25) is 0 Å².